The molecule has 0 aliphatic heterocycles. The van der Waals surface area contributed by atoms with E-state index < -0.39 is 0 Å². The summed E-state index contributed by atoms with van der Waals surface area (Å²) >= 11 is 0. The van der Waals surface area contributed by atoms with Crippen molar-refractivity contribution in [3.63, 3.8) is 0 Å². The predicted molar refractivity (Wildman–Crippen MR) is 88.9 cm³/mol. The van der Waals surface area contributed by atoms with Crippen molar-refractivity contribution in [3.05, 3.63) is 78.1 Å². The lowest BCUT2D eigenvalue weighted by molar-refractivity contribution is 0.240. The van der Waals surface area contributed by atoms with Gasteiger partial charge < -0.3 is 10.6 Å². The SMILES string of the molecule is O=C(NCc1ccc(Cn2cncn2)cc1)NCc1cccnc1. The van der Waals surface area contributed by atoms with Crippen LogP contribution in [0.4, 0.5) is 4.79 Å². The number of hydrogen-bond donors (Lipinski definition) is 2. The molecule has 0 saturated carbocycles. The van der Waals surface area contributed by atoms with Crippen LogP contribution in [0.2, 0.25) is 0 Å². The van der Waals surface area contributed by atoms with Gasteiger partial charge in [0.05, 0.1) is 6.54 Å². The third-order valence-corrected chi connectivity index (χ3v) is 3.46. The zero-order chi connectivity index (χ0) is 16.6. The topological polar surface area (TPSA) is 84.7 Å². The Morgan fingerprint density at radius 2 is 1.71 bits per heavy atom. The summed E-state index contributed by atoms with van der Waals surface area (Å²) in [6.07, 6.45) is 6.63. The minimum absolute atomic E-state index is 0.203. The fourth-order valence-electron chi connectivity index (χ4n) is 2.19. The van der Waals surface area contributed by atoms with E-state index in [4.69, 9.17) is 0 Å². The van der Waals surface area contributed by atoms with Crippen LogP contribution >= 0.6 is 0 Å². The van der Waals surface area contributed by atoms with Crippen LogP contribution in [-0.2, 0) is 19.6 Å². The van der Waals surface area contributed by atoms with Crippen LogP contribution in [0.5, 0.6) is 0 Å². The number of rotatable bonds is 6. The average molecular weight is 322 g/mol. The Hall–Kier alpha value is -3.22. The Morgan fingerprint density at radius 3 is 2.38 bits per heavy atom. The molecule has 0 spiro atoms. The molecule has 1 aromatic carbocycles. The smallest absolute Gasteiger partial charge is 0.315 e. The van der Waals surface area contributed by atoms with Gasteiger partial charge in [0.25, 0.3) is 0 Å². The Labute approximate surface area is 139 Å². The van der Waals surface area contributed by atoms with E-state index in [2.05, 4.69) is 25.7 Å². The van der Waals surface area contributed by atoms with Crippen LogP contribution in [0.3, 0.4) is 0 Å². The Bertz CT molecular complexity index is 756. The lowest BCUT2D eigenvalue weighted by Gasteiger charge is -2.08. The molecule has 0 aliphatic rings. The fraction of sp³-hybridized carbons (Fsp3) is 0.176. The van der Waals surface area contributed by atoms with Crippen LogP contribution in [-0.4, -0.2) is 25.8 Å². The number of urea groups is 1. The van der Waals surface area contributed by atoms with Crippen LogP contribution in [0, 0.1) is 0 Å². The van der Waals surface area contributed by atoms with E-state index in [9.17, 15) is 4.79 Å². The molecule has 0 aliphatic carbocycles. The Morgan fingerprint density at radius 1 is 0.958 bits per heavy atom. The van der Waals surface area contributed by atoms with Crippen LogP contribution in [0.15, 0.2) is 61.4 Å². The third-order valence-electron chi connectivity index (χ3n) is 3.46. The van der Waals surface area contributed by atoms with E-state index in [-0.39, 0.29) is 6.03 Å². The first-order chi connectivity index (χ1) is 11.8. The number of benzene rings is 1. The van der Waals surface area contributed by atoms with Crippen molar-refractivity contribution >= 4 is 6.03 Å². The maximum Gasteiger partial charge on any atom is 0.315 e. The highest BCUT2D eigenvalue weighted by Gasteiger charge is 2.02. The molecule has 3 rings (SSSR count). The molecule has 7 nitrogen and oxygen atoms in total. The van der Waals surface area contributed by atoms with Crippen LogP contribution in [0.25, 0.3) is 0 Å². The van der Waals surface area contributed by atoms with Gasteiger partial charge in [-0.3, -0.25) is 4.98 Å². The van der Waals surface area contributed by atoms with Crippen molar-refractivity contribution in [2.24, 2.45) is 0 Å². The molecular weight excluding hydrogens is 304 g/mol. The normalized spacial score (nSPS) is 10.3. The van der Waals surface area contributed by atoms with Gasteiger partial charge in [-0.05, 0) is 22.8 Å². The first-order valence-electron chi connectivity index (χ1n) is 7.60. The molecule has 2 heterocycles. The number of nitrogens with one attached hydrogen (secondary N) is 2. The average Bonchev–Trinajstić information content (AvgIpc) is 3.13. The molecule has 2 aromatic heterocycles. The van der Waals surface area contributed by atoms with Gasteiger partial charge in [-0.25, -0.2) is 14.5 Å². The largest absolute Gasteiger partial charge is 0.334 e. The van der Waals surface area contributed by atoms with Gasteiger partial charge in [0, 0.05) is 25.5 Å². The highest BCUT2D eigenvalue weighted by molar-refractivity contribution is 5.73. The summed E-state index contributed by atoms with van der Waals surface area (Å²) in [5.41, 5.74) is 3.13. The quantitative estimate of drug-likeness (QED) is 0.724. The standard InChI is InChI=1S/C17H18N6O/c24-17(21-10-16-2-1-7-18-8-16)20-9-14-3-5-15(6-4-14)11-23-13-19-12-22-23/h1-8,12-13H,9-11H2,(H2,20,21,24). The lowest BCUT2D eigenvalue weighted by Crippen LogP contribution is -2.34. The molecule has 0 radical (unpaired) electrons. The molecule has 0 saturated heterocycles. The van der Waals surface area contributed by atoms with Gasteiger partial charge in [-0.15, -0.1) is 0 Å². The molecule has 0 fully saturated rings. The van der Waals surface area contributed by atoms with Crippen LogP contribution < -0.4 is 10.6 Å². The first kappa shape index (κ1) is 15.7. The molecule has 122 valence electrons. The zero-order valence-corrected chi connectivity index (χ0v) is 13.1. The number of hydrogen-bond acceptors (Lipinski definition) is 4. The summed E-state index contributed by atoms with van der Waals surface area (Å²) in [6, 6.07) is 11.6. The van der Waals surface area contributed by atoms with Gasteiger partial charge in [-0.2, -0.15) is 5.10 Å². The summed E-state index contributed by atoms with van der Waals surface area (Å²) in [5.74, 6) is 0. The monoisotopic (exact) mass is 322 g/mol. The number of pyridine rings is 1. The van der Waals surface area contributed by atoms with E-state index in [1.807, 2.05) is 36.4 Å². The summed E-state index contributed by atoms with van der Waals surface area (Å²) in [7, 11) is 0. The van der Waals surface area contributed by atoms with Crippen molar-refractivity contribution in [1.82, 2.24) is 30.4 Å². The molecule has 3 aromatic rings. The van der Waals surface area contributed by atoms with Crippen molar-refractivity contribution < 1.29 is 4.79 Å². The van der Waals surface area contributed by atoms with E-state index in [0.717, 1.165) is 16.7 Å². The van der Waals surface area contributed by atoms with E-state index >= 15 is 0 Å². The van der Waals surface area contributed by atoms with E-state index in [0.29, 0.717) is 19.6 Å². The highest BCUT2D eigenvalue weighted by atomic mass is 16.2. The summed E-state index contributed by atoms with van der Waals surface area (Å²) < 4.78 is 1.76. The maximum atomic E-state index is 11.8. The highest BCUT2D eigenvalue weighted by Crippen LogP contribution is 2.05. The number of aromatic nitrogens is 4. The van der Waals surface area contributed by atoms with Crippen molar-refractivity contribution in [1.29, 1.82) is 0 Å². The van der Waals surface area contributed by atoms with Crippen molar-refractivity contribution in [3.8, 4) is 0 Å². The second-order valence-corrected chi connectivity index (χ2v) is 5.31. The number of carbonyl (C=O) groups excluding carboxylic acids is 1. The van der Waals surface area contributed by atoms with E-state index in [1.54, 1.807) is 23.4 Å². The van der Waals surface area contributed by atoms with Gasteiger partial charge in [0.15, 0.2) is 0 Å². The molecule has 0 unspecified atom stereocenters. The molecule has 0 atom stereocenters. The molecule has 24 heavy (non-hydrogen) atoms. The van der Waals surface area contributed by atoms with Gasteiger partial charge in [0.1, 0.15) is 12.7 Å². The minimum Gasteiger partial charge on any atom is -0.334 e. The van der Waals surface area contributed by atoms with Crippen LogP contribution in [0.1, 0.15) is 16.7 Å². The lowest BCUT2D eigenvalue weighted by atomic mass is 10.1. The van der Waals surface area contributed by atoms with Gasteiger partial charge in [-0.1, -0.05) is 30.3 Å². The molecular formula is C17H18N6O. The predicted octanol–water partition coefficient (Wildman–Crippen LogP) is 1.72. The van der Waals surface area contributed by atoms with Crippen molar-refractivity contribution in [2.45, 2.75) is 19.6 Å². The molecule has 2 N–H and O–H groups in total. The minimum atomic E-state index is -0.203. The second-order valence-electron chi connectivity index (χ2n) is 5.31. The number of nitrogens with zero attached hydrogens (tertiary/aromatic N) is 4. The Balaban J connectivity index is 1.43. The van der Waals surface area contributed by atoms with Gasteiger partial charge in [0.2, 0.25) is 0 Å². The fourth-order valence-corrected chi connectivity index (χ4v) is 2.19. The third kappa shape index (κ3) is 4.64. The summed E-state index contributed by atoms with van der Waals surface area (Å²) in [6.45, 7) is 1.61. The molecule has 0 bridgehead atoms. The van der Waals surface area contributed by atoms with Crippen molar-refractivity contribution in [2.75, 3.05) is 0 Å². The van der Waals surface area contributed by atoms with E-state index in [1.165, 1.54) is 6.33 Å². The number of amides is 2. The number of carbonyl (C=O) groups is 1. The van der Waals surface area contributed by atoms with Gasteiger partial charge >= 0.3 is 6.03 Å². The zero-order valence-electron chi connectivity index (χ0n) is 13.1. The molecule has 2 amide bonds. The maximum absolute atomic E-state index is 11.8. The first-order valence-corrected chi connectivity index (χ1v) is 7.60. The summed E-state index contributed by atoms with van der Waals surface area (Å²) in [4.78, 5) is 19.7. The Kier molecular flexibility index (Phi) is 5.14. The second kappa shape index (κ2) is 7.87. The summed E-state index contributed by atoms with van der Waals surface area (Å²) in [5, 5.41) is 9.71. The molecule has 7 heteroatoms.